The second-order valence-corrected chi connectivity index (χ2v) is 7.18. The van der Waals surface area contributed by atoms with Crippen LogP contribution in [0.3, 0.4) is 0 Å². The van der Waals surface area contributed by atoms with E-state index in [1.807, 2.05) is 35.0 Å². The van der Waals surface area contributed by atoms with Crippen LogP contribution in [0.1, 0.15) is 13.3 Å². The first-order valence-corrected chi connectivity index (χ1v) is 9.02. The molecule has 3 aromatic rings. The molecule has 1 atom stereocenters. The van der Waals surface area contributed by atoms with Crippen molar-refractivity contribution in [2.45, 2.75) is 19.4 Å². The van der Waals surface area contributed by atoms with Crippen molar-refractivity contribution >= 4 is 33.0 Å². The Balaban J connectivity index is 1.51. The number of likely N-dealkylation sites (tertiary alicyclic amines) is 1. The summed E-state index contributed by atoms with van der Waals surface area (Å²) in [6.07, 6.45) is 3.14. The molecule has 1 unspecified atom stereocenters. The highest BCUT2D eigenvalue weighted by molar-refractivity contribution is 7.20. The Hall–Kier alpha value is -1.63. The van der Waals surface area contributed by atoms with Crippen LogP contribution in [-0.4, -0.2) is 45.2 Å². The summed E-state index contributed by atoms with van der Waals surface area (Å²) >= 11 is 7.53. The van der Waals surface area contributed by atoms with E-state index in [1.54, 1.807) is 11.3 Å². The lowest BCUT2D eigenvalue weighted by atomic mass is 10.2. The third kappa shape index (κ3) is 3.06. The van der Waals surface area contributed by atoms with Gasteiger partial charge in [0.1, 0.15) is 0 Å². The topological polar surface area (TPSA) is 45.5 Å². The van der Waals surface area contributed by atoms with Gasteiger partial charge >= 0.3 is 0 Å². The van der Waals surface area contributed by atoms with E-state index in [0.29, 0.717) is 6.04 Å². The fourth-order valence-corrected chi connectivity index (χ4v) is 3.91. The second kappa shape index (κ2) is 6.11. The van der Waals surface area contributed by atoms with Crippen LogP contribution in [-0.2, 0) is 0 Å². The molecule has 7 heteroatoms. The summed E-state index contributed by atoms with van der Waals surface area (Å²) in [5, 5.41) is 9.82. The Morgan fingerprint density at radius 1 is 1.35 bits per heavy atom. The maximum Gasteiger partial charge on any atom is 0.214 e. The molecule has 0 saturated carbocycles. The molecule has 2 aromatic heterocycles. The SMILES string of the molecule is CCN1CCC(Nc2nn3cc(-c4ccc(Cl)cc4)nc3s2)C1. The zero-order chi connectivity index (χ0) is 15.8. The normalized spacial score (nSPS) is 18.8. The Kier molecular flexibility index (Phi) is 3.97. The van der Waals surface area contributed by atoms with Gasteiger partial charge in [-0.2, -0.15) is 0 Å². The van der Waals surface area contributed by atoms with Crippen LogP contribution >= 0.6 is 22.9 Å². The molecule has 5 nitrogen and oxygen atoms in total. The Labute approximate surface area is 143 Å². The van der Waals surface area contributed by atoms with Gasteiger partial charge in [0.2, 0.25) is 10.1 Å². The summed E-state index contributed by atoms with van der Waals surface area (Å²) in [5.41, 5.74) is 1.97. The number of hydrogen-bond donors (Lipinski definition) is 1. The van der Waals surface area contributed by atoms with Crippen molar-refractivity contribution in [2.75, 3.05) is 25.0 Å². The van der Waals surface area contributed by atoms with E-state index >= 15 is 0 Å². The van der Waals surface area contributed by atoms with Crippen molar-refractivity contribution < 1.29 is 0 Å². The minimum atomic E-state index is 0.488. The lowest BCUT2D eigenvalue weighted by Crippen LogP contribution is -2.25. The van der Waals surface area contributed by atoms with Crippen LogP contribution < -0.4 is 5.32 Å². The Morgan fingerprint density at radius 3 is 2.87 bits per heavy atom. The Morgan fingerprint density at radius 2 is 2.17 bits per heavy atom. The van der Waals surface area contributed by atoms with Crippen molar-refractivity contribution in [1.29, 1.82) is 0 Å². The van der Waals surface area contributed by atoms with Gasteiger partial charge in [0, 0.05) is 29.7 Å². The molecule has 1 aliphatic rings. The van der Waals surface area contributed by atoms with E-state index < -0.39 is 0 Å². The van der Waals surface area contributed by atoms with E-state index in [2.05, 4.69) is 27.2 Å². The molecule has 0 bridgehead atoms. The van der Waals surface area contributed by atoms with Gasteiger partial charge in [-0.05, 0) is 25.1 Å². The van der Waals surface area contributed by atoms with Crippen molar-refractivity contribution in [3.63, 3.8) is 0 Å². The molecular weight excluding hydrogens is 330 g/mol. The molecule has 120 valence electrons. The molecule has 23 heavy (non-hydrogen) atoms. The average Bonchev–Trinajstić information content (AvgIpc) is 3.22. The van der Waals surface area contributed by atoms with Gasteiger partial charge in [-0.15, -0.1) is 5.10 Å². The van der Waals surface area contributed by atoms with Crippen LogP contribution in [0.25, 0.3) is 16.2 Å². The summed E-state index contributed by atoms with van der Waals surface area (Å²) in [4.78, 5) is 8.02. The van der Waals surface area contributed by atoms with Crippen molar-refractivity contribution in [1.82, 2.24) is 19.5 Å². The summed E-state index contributed by atoms with van der Waals surface area (Å²) in [6, 6.07) is 8.20. The molecule has 1 N–H and O–H groups in total. The van der Waals surface area contributed by atoms with Crippen molar-refractivity contribution in [3.8, 4) is 11.3 Å². The van der Waals surface area contributed by atoms with Gasteiger partial charge in [-0.1, -0.05) is 42.0 Å². The first kappa shape index (κ1) is 14.9. The van der Waals surface area contributed by atoms with Crippen LogP contribution in [0, 0.1) is 0 Å². The number of benzene rings is 1. The number of hydrogen-bond acceptors (Lipinski definition) is 5. The van der Waals surface area contributed by atoms with Gasteiger partial charge in [-0.25, -0.2) is 9.50 Å². The van der Waals surface area contributed by atoms with E-state index in [9.17, 15) is 0 Å². The molecule has 1 fully saturated rings. The van der Waals surface area contributed by atoms with E-state index in [0.717, 1.165) is 46.0 Å². The zero-order valence-corrected chi connectivity index (χ0v) is 14.4. The number of rotatable bonds is 4. The number of imidazole rings is 1. The van der Waals surface area contributed by atoms with Gasteiger partial charge in [0.05, 0.1) is 11.9 Å². The predicted molar refractivity (Wildman–Crippen MR) is 95.5 cm³/mol. The standard InChI is InChI=1S/C16H18ClN5S/c1-2-21-8-7-13(9-21)18-15-20-22-10-14(19-16(22)23-15)11-3-5-12(17)6-4-11/h3-6,10,13H,2,7-9H2,1H3,(H,18,20). The Bertz CT molecular complexity index is 778. The summed E-state index contributed by atoms with van der Waals surface area (Å²) in [6.45, 7) is 5.58. The second-order valence-electron chi connectivity index (χ2n) is 5.79. The number of nitrogens with one attached hydrogen (secondary N) is 1. The van der Waals surface area contributed by atoms with Gasteiger partial charge in [0.15, 0.2) is 0 Å². The zero-order valence-electron chi connectivity index (χ0n) is 12.9. The third-order valence-electron chi connectivity index (χ3n) is 4.23. The number of likely N-dealkylation sites (N-methyl/N-ethyl adjacent to an activating group) is 1. The van der Waals surface area contributed by atoms with Crippen LogP contribution in [0.2, 0.25) is 5.02 Å². The molecule has 0 amide bonds. The fourth-order valence-electron chi connectivity index (χ4n) is 2.93. The molecule has 1 saturated heterocycles. The van der Waals surface area contributed by atoms with Gasteiger partial charge < -0.3 is 10.2 Å². The van der Waals surface area contributed by atoms with Crippen molar-refractivity contribution in [2.24, 2.45) is 0 Å². The highest BCUT2D eigenvalue weighted by Crippen LogP contribution is 2.26. The van der Waals surface area contributed by atoms with E-state index in [4.69, 9.17) is 11.6 Å². The molecule has 4 rings (SSSR count). The molecule has 0 radical (unpaired) electrons. The summed E-state index contributed by atoms with van der Waals surface area (Å²) < 4.78 is 1.85. The minimum absolute atomic E-state index is 0.488. The highest BCUT2D eigenvalue weighted by Gasteiger charge is 2.22. The maximum atomic E-state index is 5.93. The number of anilines is 1. The molecular formula is C16H18ClN5S. The van der Waals surface area contributed by atoms with Gasteiger partial charge in [-0.3, -0.25) is 0 Å². The summed E-state index contributed by atoms with van der Waals surface area (Å²) in [5.74, 6) is 0. The lowest BCUT2D eigenvalue weighted by molar-refractivity contribution is 0.356. The molecule has 1 aliphatic heterocycles. The molecule has 3 heterocycles. The van der Waals surface area contributed by atoms with Crippen LogP contribution in [0.15, 0.2) is 30.5 Å². The maximum absolute atomic E-state index is 5.93. The monoisotopic (exact) mass is 347 g/mol. The highest BCUT2D eigenvalue weighted by atomic mass is 35.5. The average molecular weight is 348 g/mol. The first-order chi connectivity index (χ1) is 11.2. The first-order valence-electron chi connectivity index (χ1n) is 7.82. The smallest absolute Gasteiger partial charge is 0.214 e. The number of fused-ring (bicyclic) bond motifs is 1. The molecule has 0 spiro atoms. The quantitative estimate of drug-likeness (QED) is 0.783. The largest absolute Gasteiger partial charge is 0.356 e. The predicted octanol–water partition coefficient (Wildman–Crippen LogP) is 3.62. The van der Waals surface area contributed by atoms with E-state index in [1.165, 1.54) is 6.42 Å². The number of nitrogens with zero attached hydrogens (tertiary/aromatic N) is 4. The molecule has 0 aliphatic carbocycles. The lowest BCUT2D eigenvalue weighted by Gasteiger charge is -2.13. The molecule has 1 aromatic carbocycles. The number of halogens is 1. The van der Waals surface area contributed by atoms with Crippen LogP contribution in [0.5, 0.6) is 0 Å². The summed E-state index contributed by atoms with van der Waals surface area (Å²) in [7, 11) is 0. The fraction of sp³-hybridized carbons (Fsp3) is 0.375. The minimum Gasteiger partial charge on any atom is -0.356 e. The van der Waals surface area contributed by atoms with E-state index in [-0.39, 0.29) is 0 Å². The van der Waals surface area contributed by atoms with Crippen LogP contribution in [0.4, 0.5) is 5.13 Å². The van der Waals surface area contributed by atoms with Crippen molar-refractivity contribution in [3.05, 3.63) is 35.5 Å². The van der Waals surface area contributed by atoms with Gasteiger partial charge in [0.25, 0.3) is 0 Å². The third-order valence-corrected chi connectivity index (χ3v) is 5.34. The number of aromatic nitrogens is 3.